The lowest BCUT2D eigenvalue weighted by Gasteiger charge is -2.09. The minimum atomic E-state index is 0.592. The Balaban J connectivity index is 2.37. The minimum Gasteiger partial charge on any atom is -0.491 e. The molecule has 0 aliphatic heterocycles. The second-order valence-corrected chi connectivity index (χ2v) is 3.65. The van der Waals surface area contributed by atoms with E-state index in [0.29, 0.717) is 13.2 Å². The van der Waals surface area contributed by atoms with Crippen molar-refractivity contribution in [2.45, 2.75) is 19.8 Å². The number of anilines is 1. The van der Waals surface area contributed by atoms with E-state index in [4.69, 9.17) is 9.47 Å². The van der Waals surface area contributed by atoms with Crippen LogP contribution >= 0.6 is 0 Å². The summed E-state index contributed by atoms with van der Waals surface area (Å²) in [6.45, 7) is 4.41. The molecule has 0 amide bonds. The van der Waals surface area contributed by atoms with E-state index in [2.05, 4.69) is 18.3 Å². The quantitative estimate of drug-likeness (QED) is 0.687. The van der Waals surface area contributed by atoms with Crippen molar-refractivity contribution in [2.75, 3.05) is 32.2 Å². The second-order valence-electron chi connectivity index (χ2n) is 3.65. The van der Waals surface area contributed by atoms with Crippen LogP contribution in [0.5, 0.6) is 5.75 Å². The molecule has 1 N–H and O–H groups in total. The minimum absolute atomic E-state index is 0.592. The Labute approximate surface area is 97.8 Å². The zero-order valence-corrected chi connectivity index (χ0v) is 10.2. The van der Waals surface area contributed by atoms with Gasteiger partial charge in [-0.3, -0.25) is 0 Å². The van der Waals surface area contributed by atoms with Crippen LogP contribution in [-0.2, 0) is 4.74 Å². The van der Waals surface area contributed by atoms with E-state index >= 15 is 0 Å². The number of benzene rings is 1. The molecule has 0 atom stereocenters. The third-order valence-corrected chi connectivity index (χ3v) is 2.25. The van der Waals surface area contributed by atoms with Gasteiger partial charge in [0.15, 0.2) is 0 Å². The third-order valence-electron chi connectivity index (χ3n) is 2.25. The molecule has 1 rings (SSSR count). The zero-order chi connectivity index (χ0) is 11.6. The first-order valence-corrected chi connectivity index (χ1v) is 5.82. The predicted molar refractivity (Wildman–Crippen MR) is 67.2 cm³/mol. The van der Waals surface area contributed by atoms with Crippen molar-refractivity contribution in [3.8, 4) is 5.75 Å². The summed E-state index contributed by atoms with van der Waals surface area (Å²) < 4.78 is 10.5. The highest BCUT2D eigenvalue weighted by atomic mass is 16.5. The van der Waals surface area contributed by atoms with Crippen LogP contribution in [0.3, 0.4) is 0 Å². The van der Waals surface area contributed by atoms with Crippen molar-refractivity contribution >= 4 is 5.69 Å². The van der Waals surface area contributed by atoms with Gasteiger partial charge in [0.05, 0.1) is 6.61 Å². The van der Waals surface area contributed by atoms with E-state index in [0.717, 1.165) is 18.0 Å². The molecule has 90 valence electrons. The Morgan fingerprint density at radius 3 is 2.88 bits per heavy atom. The molecule has 3 heteroatoms. The number of ether oxygens (including phenoxy) is 2. The fourth-order valence-electron chi connectivity index (χ4n) is 1.35. The molecular weight excluding hydrogens is 202 g/mol. The number of nitrogens with one attached hydrogen (secondary N) is 1. The van der Waals surface area contributed by atoms with Gasteiger partial charge in [-0.2, -0.15) is 0 Å². The largest absolute Gasteiger partial charge is 0.491 e. The lowest BCUT2D eigenvalue weighted by molar-refractivity contribution is 0.146. The highest BCUT2D eigenvalue weighted by Crippen LogP contribution is 2.17. The van der Waals surface area contributed by atoms with E-state index in [1.54, 1.807) is 7.11 Å². The number of hydrogen-bond acceptors (Lipinski definition) is 3. The van der Waals surface area contributed by atoms with Crippen LogP contribution in [0.2, 0.25) is 0 Å². The van der Waals surface area contributed by atoms with E-state index in [-0.39, 0.29) is 0 Å². The summed E-state index contributed by atoms with van der Waals surface area (Å²) in [5, 5.41) is 3.37. The van der Waals surface area contributed by atoms with E-state index in [9.17, 15) is 0 Å². The molecule has 1 aromatic rings. The number of methoxy groups -OCH3 is 1. The van der Waals surface area contributed by atoms with Crippen LogP contribution < -0.4 is 10.1 Å². The van der Waals surface area contributed by atoms with Gasteiger partial charge < -0.3 is 14.8 Å². The van der Waals surface area contributed by atoms with Crippen molar-refractivity contribution < 1.29 is 9.47 Å². The van der Waals surface area contributed by atoms with Crippen molar-refractivity contribution in [2.24, 2.45) is 0 Å². The molecule has 0 fully saturated rings. The SMILES string of the molecule is CCCCNc1cccc(OCCOC)c1. The van der Waals surface area contributed by atoms with Crippen LogP contribution in [-0.4, -0.2) is 26.9 Å². The molecule has 0 unspecified atom stereocenters. The van der Waals surface area contributed by atoms with Gasteiger partial charge in [-0.1, -0.05) is 19.4 Å². The first kappa shape index (κ1) is 12.8. The molecule has 0 bridgehead atoms. The average molecular weight is 223 g/mol. The van der Waals surface area contributed by atoms with Crippen molar-refractivity contribution in [1.82, 2.24) is 0 Å². The lowest BCUT2D eigenvalue weighted by atomic mass is 10.3. The maximum absolute atomic E-state index is 5.53. The molecule has 0 saturated heterocycles. The first-order valence-electron chi connectivity index (χ1n) is 5.82. The molecule has 0 heterocycles. The standard InChI is InChI=1S/C13H21NO2/c1-3-4-8-14-12-6-5-7-13(11-12)16-10-9-15-2/h5-7,11,14H,3-4,8-10H2,1-2H3. The predicted octanol–water partition coefficient (Wildman–Crippen LogP) is 2.92. The number of hydrogen-bond donors (Lipinski definition) is 1. The topological polar surface area (TPSA) is 30.5 Å². The maximum atomic E-state index is 5.53. The molecule has 3 nitrogen and oxygen atoms in total. The molecule has 0 spiro atoms. The summed E-state index contributed by atoms with van der Waals surface area (Å²) in [6, 6.07) is 8.03. The summed E-state index contributed by atoms with van der Waals surface area (Å²) in [7, 11) is 1.67. The van der Waals surface area contributed by atoms with Crippen LogP contribution in [0.4, 0.5) is 5.69 Å². The van der Waals surface area contributed by atoms with E-state index < -0.39 is 0 Å². The lowest BCUT2D eigenvalue weighted by Crippen LogP contribution is -2.05. The smallest absolute Gasteiger partial charge is 0.121 e. The van der Waals surface area contributed by atoms with Crippen LogP contribution in [0.25, 0.3) is 0 Å². The Morgan fingerprint density at radius 1 is 1.25 bits per heavy atom. The summed E-state index contributed by atoms with van der Waals surface area (Å²) >= 11 is 0. The highest BCUT2D eigenvalue weighted by molar-refractivity contribution is 5.48. The van der Waals surface area contributed by atoms with Crippen molar-refractivity contribution in [3.05, 3.63) is 24.3 Å². The maximum Gasteiger partial charge on any atom is 0.121 e. The fraction of sp³-hybridized carbons (Fsp3) is 0.538. The van der Waals surface area contributed by atoms with Gasteiger partial charge in [-0.05, 0) is 18.6 Å². The molecule has 1 aromatic carbocycles. The first-order chi connectivity index (χ1) is 7.86. The van der Waals surface area contributed by atoms with Crippen LogP contribution in [0.1, 0.15) is 19.8 Å². The van der Waals surface area contributed by atoms with Gasteiger partial charge in [0.2, 0.25) is 0 Å². The highest BCUT2D eigenvalue weighted by Gasteiger charge is 1.96. The summed E-state index contributed by atoms with van der Waals surface area (Å²) in [4.78, 5) is 0. The summed E-state index contributed by atoms with van der Waals surface area (Å²) in [5.74, 6) is 0.888. The molecule has 0 aliphatic rings. The van der Waals surface area contributed by atoms with E-state index in [1.807, 2.05) is 18.2 Å². The number of unbranched alkanes of at least 4 members (excludes halogenated alkanes) is 1. The molecule has 16 heavy (non-hydrogen) atoms. The van der Waals surface area contributed by atoms with Gasteiger partial charge in [0, 0.05) is 25.4 Å². The number of rotatable bonds is 8. The summed E-state index contributed by atoms with van der Waals surface area (Å²) in [5.41, 5.74) is 1.11. The van der Waals surface area contributed by atoms with Crippen molar-refractivity contribution in [1.29, 1.82) is 0 Å². The normalized spacial score (nSPS) is 10.1. The van der Waals surface area contributed by atoms with Crippen LogP contribution in [0.15, 0.2) is 24.3 Å². The van der Waals surface area contributed by atoms with E-state index in [1.165, 1.54) is 12.8 Å². The average Bonchev–Trinajstić information content (AvgIpc) is 2.30. The molecular formula is C13H21NO2. The van der Waals surface area contributed by atoms with Gasteiger partial charge in [-0.15, -0.1) is 0 Å². The Kier molecular flexibility index (Phi) is 6.42. The van der Waals surface area contributed by atoms with Gasteiger partial charge in [-0.25, -0.2) is 0 Å². The monoisotopic (exact) mass is 223 g/mol. The molecule has 0 aliphatic carbocycles. The zero-order valence-electron chi connectivity index (χ0n) is 10.2. The Bertz CT molecular complexity index is 264. The summed E-state index contributed by atoms with van der Waals surface area (Å²) in [6.07, 6.45) is 2.39. The molecule has 0 radical (unpaired) electrons. The van der Waals surface area contributed by atoms with Gasteiger partial charge >= 0.3 is 0 Å². The van der Waals surface area contributed by atoms with Gasteiger partial charge in [0.25, 0.3) is 0 Å². The fourth-order valence-corrected chi connectivity index (χ4v) is 1.35. The third kappa shape index (κ3) is 5.03. The Morgan fingerprint density at radius 2 is 2.12 bits per heavy atom. The van der Waals surface area contributed by atoms with Crippen LogP contribution in [0, 0.1) is 0 Å². The molecule has 0 aromatic heterocycles. The van der Waals surface area contributed by atoms with Crippen molar-refractivity contribution in [3.63, 3.8) is 0 Å². The Hall–Kier alpha value is -1.22. The van der Waals surface area contributed by atoms with Gasteiger partial charge in [0.1, 0.15) is 12.4 Å². The second kappa shape index (κ2) is 7.99. The molecule has 0 saturated carbocycles.